The number of nitrogens with zero attached hydrogens (tertiary/aromatic N) is 4. The first kappa shape index (κ1) is 14.5. The lowest BCUT2D eigenvalue weighted by Crippen LogP contribution is -2.34. The number of likely N-dealkylation sites (tertiary alicyclic amines) is 1. The number of carbonyl (C=O) groups excluding carboxylic acids is 1. The van der Waals surface area contributed by atoms with Gasteiger partial charge in [0.2, 0.25) is 0 Å². The second-order valence-corrected chi connectivity index (χ2v) is 6.43. The van der Waals surface area contributed by atoms with Crippen LogP contribution in [0, 0.1) is 0 Å². The summed E-state index contributed by atoms with van der Waals surface area (Å²) in [4.78, 5) is 24.5. The van der Waals surface area contributed by atoms with Gasteiger partial charge in [-0.05, 0) is 38.1 Å². The standard InChI is InChI=1S/C17H23N5O/c23-17(15-4-3-6-18-15)21-9-5-16-19-12-14(22(16)11-10-21)13-20-7-1-2-8-20/h3-4,6,12,18H,1-2,5,7-11,13H2. The number of hydrogen-bond acceptors (Lipinski definition) is 3. The van der Waals surface area contributed by atoms with Crippen LogP contribution in [0.3, 0.4) is 0 Å². The molecule has 0 aromatic carbocycles. The van der Waals surface area contributed by atoms with Gasteiger partial charge in [0.1, 0.15) is 11.5 Å². The van der Waals surface area contributed by atoms with E-state index in [1.807, 2.05) is 23.2 Å². The molecule has 2 aromatic rings. The molecule has 2 aliphatic rings. The quantitative estimate of drug-likeness (QED) is 0.934. The first-order chi connectivity index (χ1) is 11.3. The molecule has 122 valence electrons. The van der Waals surface area contributed by atoms with Gasteiger partial charge in [-0.3, -0.25) is 9.69 Å². The van der Waals surface area contributed by atoms with E-state index in [0.29, 0.717) is 5.69 Å². The van der Waals surface area contributed by atoms with Crippen LogP contribution >= 0.6 is 0 Å². The molecule has 1 amide bonds. The van der Waals surface area contributed by atoms with E-state index in [2.05, 4.69) is 19.4 Å². The Morgan fingerprint density at radius 3 is 2.83 bits per heavy atom. The molecule has 0 unspecified atom stereocenters. The van der Waals surface area contributed by atoms with Crippen LogP contribution in [0.25, 0.3) is 0 Å². The molecule has 1 N–H and O–H groups in total. The van der Waals surface area contributed by atoms with E-state index in [-0.39, 0.29) is 5.91 Å². The summed E-state index contributed by atoms with van der Waals surface area (Å²) in [5.74, 6) is 1.20. The molecule has 0 bridgehead atoms. The van der Waals surface area contributed by atoms with Crippen LogP contribution in [-0.2, 0) is 19.5 Å². The van der Waals surface area contributed by atoms with Crippen LogP contribution in [0.4, 0.5) is 0 Å². The van der Waals surface area contributed by atoms with E-state index < -0.39 is 0 Å². The number of aromatic nitrogens is 3. The highest BCUT2D eigenvalue weighted by Gasteiger charge is 2.23. The number of rotatable bonds is 3. The molecule has 0 aliphatic carbocycles. The molecule has 1 saturated heterocycles. The van der Waals surface area contributed by atoms with Crippen molar-refractivity contribution in [2.24, 2.45) is 0 Å². The average Bonchev–Trinajstić information content (AvgIpc) is 3.29. The van der Waals surface area contributed by atoms with E-state index in [1.54, 1.807) is 6.20 Å². The van der Waals surface area contributed by atoms with Crippen LogP contribution in [0.1, 0.15) is 34.8 Å². The second-order valence-electron chi connectivity index (χ2n) is 6.43. The summed E-state index contributed by atoms with van der Waals surface area (Å²) in [5, 5.41) is 0. The maximum Gasteiger partial charge on any atom is 0.270 e. The third-order valence-electron chi connectivity index (χ3n) is 4.92. The molecule has 2 aromatic heterocycles. The summed E-state index contributed by atoms with van der Waals surface area (Å²) in [6.45, 7) is 5.69. The van der Waals surface area contributed by atoms with E-state index in [4.69, 9.17) is 0 Å². The van der Waals surface area contributed by atoms with Gasteiger partial charge >= 0.3 is 0 Å². The lowest BCUT2D eigenvalue weighted by molar-refractivity contribution is 0.0753. The lowest BCUT2D eigenvalue weighted by atomic mass is 10.3. The van der Waals surface area contributed by atoms with Gasteiger partial charge in [0.15, 0.2) is 0 Å². The van der Waals surface area contributed by atoms with Crippen LogP contribution in [0.5, 0.6) is 0 Å². The zero-order chi connectivity index (χ0) is 15.6. The molecule has 2 aliphatic heterocycles. The Morgan fingerprint density at radius 2 is 2.04 bits per heavy atom. The monoisotopic (exact) mass is 313 g/mol. The van der Waals surface area contributed by atoms with Crippen LogP contribution < -0.4 is 0 Å². The first-order valence-corrected chi connectivity index (χ1v) is 8.49. The molecule has 0 saturated carbocycles. The normalized spacial score (nSPS) is 18.9. The van der Waals surface area contributed by atoms with Gasteiger partial charge in [0.05, 0.1) is 5.69 Å². The Hall–Kier alpha value is -2.08. The smallest absolute Gasteiger partial charge is 0.270 e. The highest BCUT2D eigenvalue weighted by atomic mass is 16.2. The summed E-state index contributed by atoms with van der Waals surface area (Å²) in [6, 6.07) is 3.70. The summed E-state index contributed by atoms with van der Waals surface area (Å²) in [6.07, 6.45) is 7.26. The maximum atomic E-state index is 12.5. The number of fused-ring (bicyclic) bond motifs is 1. The van der Waals surface area contributed by atoms with Crippen molar-refractivity contribution in [3.63, 3.8) is 0 Å². The molecule has 6 heteroatoms. The van der Waals surface area contributed by atoms with E-state index in [0.717, 1.165) is 38.4 Å². The van der Waals surface area contributed by atoms with Gasteiger partial charge < -0.3 is 14.5 Å². The Bertz CT molecular complexity index is 669. The summed E-state index contributed by atoms with van der Waals surface area (Å²) < 4.78 is 2.32. The predicted molar refractivity (Wildman–Crippen MR) is 87.1 cm³/mol. The Morgan fingerprint density at radius 1 is 1.17 bits per heavy atom. The van der Waals surface area contributed by atoms with Crippen LogP contribution in [0.15, 0.2) is 24.5 Å². The topological polar surface area (TPSA) is 57.2 Å². The fourth-order valence-electron chi connectivity index (χ4n) is 3.63. The number of amides is 1. The van der Waals surface area contributed by atoms with Gasteiger partial charge in [0.25, 0.3) is 5.91 Å². The number of H-pyrrole nitrogens is 1. The van der Waals surface area contributed by atoms with Gasteiger partial charge in [-0.15, -0.1) is 0 Å². The van der Waals surface area contributed by atoms with Crippen molar-refractivity contribution in [1.29, 1.82) is 0 Å². The molecular formula is C17H23N5O. The van der Waals surface area contributed by atoms with Gasteiger partial charge in [-0.25, -0.2) is 4.98 Å². The third kappa shape index (κ3) is 2.91. The minimum absolute atomic E-state index is 0.0850. The lowest BCUT2D eigenvalue weighted by Gasteiger charge is -2.20. The number of imidazole rings is 1. The van der Waals surface area contributed by atoms with Gasteiger partial charge in [0, 0.05) is 45.0 Å². The van der Waals surface area contributed by atoms with E-state index in [9.17, 15) is 4.79 Å². The molecule has 4 rings (SSSR count). The highest BCUT2D eigenvalue weighted by Crippen LogP contribution is 2.17. The Labute approximate surface area is 136 Å². The molecule has 1 fully saturated rings. The Balaban J connectivity index is 1.46. The molecule has 0 atom stereocenters. The zero-order valence-electron chi connectivity index (χ0n) is 13.4. The Kier molecular flexibility index (Phi) is 3.91. The van der Waals surface area contributed by atoms with Crippen molar-refractivity contribution in [3.05, 3.63) is 41.7 Å². The largest absolute Gasteiger partial charge is 0.357 e. The molecule has 4 heterocycles. The van der Waals surface area contributed by atoms with E-state index >= 15 is 0 Å². The van der Waals surface area contributed by atoms with E-state index in [1.165, 1.54) is 31.6 Å². The molecule has 6 nitrogen and oxygen atoms in total. The molecular weight excluding hydrogens is 290 g/mol. The molecule has 23 heavy (non-hydrogen) atoms. The second kappa shape index (κ2) is 6.20. The van der Waals surface area contributed by atoms with Gasteiger partial charge in [-0.1, -0.05) is 0 Å². The minimum Gasteiger partial charge on any atom is -0.357 e. The fraction of sp³-hybridized carbons (Fsp3) is 0.529. The van der Waals surface area contributed by atoms with Crippen molar-refractivity contribution >= 4 is 5.91 Å². The van der Waals surface area contributed by atoms with Gasteiger partial charge in [-0.2, -0.15) is 0 Å². The number of carbonyl (C=O) groups is 1. The van der Waals surface area contributed by atoms with Crippen LogP contribution in [-0.4, -0.2) is 56.4 Å². The summed E-state index contributed by atoms with van der Waals surface area (Å²) in [7, 11) is 0. The zero-order valence-corrected chi connectivity index (χ0v) is 13.4. The summed E-state index contributed by atoms with van der Waals surface area (Å²) >= 11 is 0. The minimum atomic E-state index is 0.0850. The average molecular weight is 313 g/mol. The van der Waals surface area contributed by atoms with Crippen molar-refractivity contribution in [1.82, 2.24) is 24.3 Å². The predicted octanol–water partition coefficient (Wildman–Crippen LogP) is 1.51. The maximum absolute atomic E-state index is 12.5. The third-order valence-corrected chi connectivity index (χ3v) is 4.92. The summed E-state index contributed by atoms with van der Waals surface area (Å²) in [5.41, 5.74) is 1.96. The number of aromatic amines is 1. The van der Waals surface area contributed by atoms with Crippen molar-refractivity contribution < 1.29 is 4.79 Å². The number of hydrogen-bond donors (Lipinski definition) is 1. The highest BCUT2D eigenvalue weighted by molar-refractivity contribution is 5.92. The fourth-order valence-corrected chi connectivity index (χ4v) is 3.63. The van der Waals surface area contributed by atoms with Crippen molar-refractivity contribution in [3.8, 4) is 0 Å². The SMILES string of the molecule is O=C(c1ccc[nH]1)N1CCc2ncc(CN3CCCC3)n2CC1. The van der Waals surface area contributed by atoms with Crippen LogP contribution in [0.2, 0.25) is 0 Å². The van der Waals surface area contributed by atoms with Crippen molar-refractivity contribution in [2.75, 3.05) is 26.2 Å². The number of nitrogens with one attached hydrogen (secondary N) is 1. The first-order valence-electron chi connectivity index (χ1n) is 8.49. The van der Waals surface area contributed by atoms with Crippen molar-refractivity contribution in [2.45, 2.75) is 32.4 Å². The molecule has 0 radical (unpaired) electrons. The molecule has 0 spiro atoms.